The molecule has 1 fully saturated rings. The summed E-state index contributed by atoms with van der Waals surface area (Å²) in [6.45, 7) is 3.88. The molecule has 3 N–H and O–H groups in total. The molecule has 0 spiro atoms. The summed E-state index contributed by atoms with van der Waals surface area (Å²) in [5, 5.41) is 18.4. The van der Waals surface area contributed by atoms with Crippen molar-refractivity contribution in [1.29, 1.82) is 0 Å². The Morgan fingerprint density at radius 2 is 1.92 bits per heavy atom. The average Bonchev–Trinajstić information content (AvgIpc) is 3.54. The first-order valence-corrected chi connectivity index (χ1v) is 11.7. The molecule has 10 heteroatoms. The number of nitrogens with one attached hydrogen (secondary N) is 3. The van der Waals surface area contributed by atoms with Gasteiger partial charge in [0.05, 0.1) is 24.0 Å². The van der Waals surface area contributed by atoms with Crippen molar-refractivity contribution in [2.45, 2.75) is 38.4 Å². The lowest BCUT2D eigenvalue weighted by atomic mass is 10.00. The van der Waals surface area contributed by atoms with Crippen molar-refractivity contribution in [2.75, 3.05) is 5.32 Å². The number of amides is 2. The number of hydrogen-bond donors (Lipinski definition) is 3. The number of anilines is 1. The SMILES string of the molecule is Cc1c(-c2cnn(C)c2)nn(-c2ccccc2)c1NC(=O)N[C@@H]1C[C@@H](C)N[C@H]1c1ccc(F)c(F)c1. The van der Waals surface area contributed by atoms with Crippen LogP contribution in [0, 0.1) is 18.6 Å². The van der Waals surface area contributed by atoms with Crippen LogP contribution in [0.5, 0.6) is 0 Å². The van der Waals surface area contributed by atoms with Gasteiger partial charge in [0.25, 0.3) is 0 Å². The predicted octanol–water partition coefficient (Wildman–Crippen LogP) is 4.47. The van der Waals surface area contributed by atoms with Crippen LogP contribution in [0.4, 0.5) is 19.4 Å². The van der Waals surface area contributed by atoms with Crippen LogP contribution in [0.2, 0.25) is 0 Å². The highest BCUT2D eigenvalue weighted by Gasteiger charge is 2.34. The van der Waals surface area contributed by atoms with Gasteiger partial charge < -0.3 is 10.6 Å². The van der Waals surface area contributed by atoms with Gasteiger partial charge in [0.2, 0.25) is 0 Å². The normalized spacial score (nSPS) is 19.4. The quantitative estimate of drug-likeness (QED) is 0.384. The van der Waals surface area contributed by atoms with E-state index in [9.17, 15) is 13.6 Å². The molecule has 1 aliphatic heterocycles. The average molecular weight is 492 g/mol. The van der Waals surface area contributed by atoms with E-state index in [2.05, 4.69) is 21.0 Å². The molecule has 0 bridgehead atoms. The molecule has 0 aliphatic carbocycles. The van der Waals surface area contributed by atoms with Crippen LogP contribution in [0.3, 0.4) is 0 Å². The van der Waals surface area contributed by atoms with Crippen LogP contribution in [0.15, 0.2) is 60.9 Å². The predicted molar refractivity (Wildman–Crippen MR) is 133 cm³/mol. The molecule has 2 aromatic heterocycles. The molecule has 0 radical (unpaired) electrons. The largest absolute Gasteiger partial charge is 0.333 e. The summed E-state index contributed by atoms with van der Waals surface area (Å²) < 4.78 is 30.7. The monoisotopic (exact) mass is 491 g/mol. The molecule has 4 aromatic rings. The van der Waals surface area contributed by atoms with Crippen LogP contribution < -0.4 is 16.0 Å². The molecule has 2 amide bonds. The van der Waals surface area contributed by atoms with Gasteiger partial charge >= 0.3 is 6.03 Å². The third-order valence-corrected chi connectivity index (χ3v) is 6.43. The second-order valence-corrected chi connectivity index (χ2v) is 9.13. The third kappa shape index (κ3) is 4.59. The Morgan fingerprint density at radius 1 is 1.14 bits per heavy atom. The summed E-state index contributed by atoms with van der Waals surface area (Å²) in [5.41, 5.74) is 3.70. The molecule has 1 aliphatic rings. The molecule has 36 heavy (non-hydrogen) atoms. The number of nitrogens with zero attached hydrogens (tertiary/aromatic N) is 4. The summed E-state index contributed by atoms with van der Waals surface area (Å²) in [6, 6.07) is 12.3. The van der Waals surface area contributed by atoms with Crippen molar-refractivity contribution < 1.29 is 13.6 Å². The van der Waals surface area contributed by atoms with Crippen LogP contribution in [0.25, 0.3) is 16.9 Å². The highest BCUT2D eigenvalue weighted by Crippen LogP contribution is 2.31. The first-order chi connectivity index (χ1) is 17.3. The molecule has 0 saturated carbocycles. The maximum Gasteiger partial charge on any atom is 0.320 e. The number of hydrogen-bond acceptors (Lipinski definition) is 4. The molecule has 8 nitrogen and oxygen atoms in total. The molecule has 3 atom stereocenters. The molecular formula is C26H27F2N7O. The van der Waals surface area contributed by atoms with Gasteiger partial charge in [-0.3, -0.25) is 10.00 Å². The van der Waals surface area contributed by atoms with E-state index in [0.29, 0.717) is 23.5 Å². The molecule has 2 aromatic carbocycles. The van der Waals surface area contributed by atoms with Gasteiger partial charge in [-0.2, -0.15) is 10.2 Å². The zero-order chi connectivity index (χ0) is 25.4. The maximum absolute atomic E-state index is 13.9. The Bertz CT molecular complexity index is 1400. The van der Waals surface area contributed by atoms with Crippen LogP contribution >= 0.6 is 0 Å². The number of aryl methyl sites for hydroxylation is 1. The number of para-hydroxylation sites is 1. The van der Waals surface area contributed by atoms with E-state index in [-0.39, 0.29) is 18.1 Å². The number of benzene rings is 2. The van der Waals surface area contributed by atoms with E-state index in [1.165, 1.54) is 12.1 Å². The van der Waals surface area contributed by atoms with E-state index >= 15 is 0 Å². The zero-order valence-electron chi connectivity index (χ0n) is 20.2. The summed E-state index contributed by atoms with van der Waals surface area (Å²) in [4.78, 5) is 13.2. The smallest absolute Gasteiger partial charge is 0.320 e. The van der Waals surface area contributed by atoms with Crippen molar-refractivity contribution in [3.05, 3.63) is 83.7 Å². The third-order valence-electron chi connectivity index (χ3n) is 6.43. The Labute approximate surface area is 207 Å². The minimum Gasteiger partial charge on any atom is -0.333 e. The van der Waals surface area contributed by atoms with E-state index in [4.69, 9.17) is 5.10 Å². The van der Waals surface area contributed by atoms with Crippen molar-refractivity contribution in [1.82, 2.24) is 30.2 Å². The zero-order valence-corrected chi connectivity index (χ0v) is 20.2. The Morgan fingerprint density at radius 3 is 2.61 bits per heavy atom. The van der Waals surface area contributed by atoms with Gasteiger partial charge in [-0.05, 0) is 50.1 Å². The van der Waals surface area contributed by atoms with Gasteiger partial charge in [-0.1, -0.05) is 24.3 Å². The van der Waals surface area contributed by atoms with Crippen molar-refractivity contribution in [3.8, 4) is 16.9 Å². The number of carbonyl (C=O) groups is 1. The standard InChI is InChI=1S/C26H27F2N7O/c1-15-11-22(24(30-15)17-9-10-20(27)21(28)12-17)31-26(36)32-25-16(2)23(18-13-29-34(3)14-18)33-35(25)19-7-5-4-6-8-19/h4-10,12-15,22,24,30H,11H2,1-3H3,(H2,31,32,36)/t15-,22-,24+/m1/s1. The number of carbonyl (C=O) groups excluding carboxylic acids is 1. The molecule has 1 saturated heterocycles. The number of aromatic nitrogens is 4. The maximum atomic E-state index is 13.9. The molecule has 5 rings (SSSR count). The van der Waals surface area contributed by atoms with Crippen LogP contribution in [-0.4, -0.2) is 37.7 Å². The first-order valence-electron chi connectivity index (χ1n) is 11.7. The van der Waals surface area contributed by atoms with Crippen LogP contribution in [-0.2, 0) is 7.05 Å². The number of urea groups is 1. The lowest BCUT2D eigenvalue weighted by Crippen LogP contribution is -2.41. The first kappa shape index (κ1) is 23.7. The highest BCUT2D eigenvalue weighted by molar-refractivity contribution is 5.91. The fourth-order valence-electron chi connectivity index (χ4n) is 4.71. The summed E-state index contributed by atoms with van der Waals surface area (Å²) in [7, 11) is 1.83. The topological polar surface area (TPSA) is 88.8 Å². The fourth-order valence-corrected chi connectivity index (χ4v) is 4.71. The van der Waals surface area contributed by atoms with Crippen molar-refractivity contribution >= 4 is 11.8 Å². The number of rotatable bonds is 5. The second kappa shape index (κ2) is 9.54. The Balaban J connectivity index is 1.42. The Hall–Kier alpha value is -4.05. The lowest BCUT2D eigenvalue weighted by Gasteiger charge is -2.22. The molecule has 3 heterocycles. The van der Waals surface area contributed by atoms with Gasteiger partial charge in [0, 0.05) is 30.4 Å². The van der Waals surface area contributed by atoms with Gasteiger partial charge in [-0.25, -0.2) is 18.3 Å². The summed E-state index contributed by atoms with van der Waals surface area (Å²) in [5.74, 6) is -1.29. The summed E-state index contributed by atoms with van der Waals surface area (Å²) >= 11 is 0. The van der Waals surface area contributed by atoms with E-state index in [1.54, 1.807) is 15.6 Å². The fraction of sp³-hybridized carbons (Fsp3) is 0.269. The van der Waals surface area contributed by atoms with Gasteiger partial charge in [0.1, 0.15) is 11.5 Å². The minimum absolute atomic E-state index is 0.0854. The molecular weight excluding hydrogens is 464 g/mol. The number of halogens is 2. The minimum atomic E-state index is -0.914. The van der Waals surface area contributed by atoms with E-state index < -0.39 is 17.7 Å². The van der Waals surface area contributed by atoms with Crippen LogP contribution in [0.1, 0.15) is 30.5 Å². The van der Waals surface area contributed by atoms with E-state index in [1.807, 2.05) is 57.4 Å². The van der Waals surface area contributed by atoms with Crippen molar-refractivity contribution in [2.24, 2.45) is 7.05 Å². The van der Waals surface area contributed by atoms with Gasteiger partial charge in [0.15, 0.2) is 11.6 Å². The second-order valence-electron chi connectivity index (χ2n) is 9.13. The van der Waals surface area contributed by atoms with E-state index in [0.717, 1.165) is 22.9 Å². The van der Waals surface area contributed by atoms with Gasteiger partial charge in [-0.15, -0.1) is 0 Å². The molecule has 186 valence electrons. The molecule has 0 unspecified atom stereocenters. The Kier molecular flexibility index (Phi) is 6.27. The van der Waals surface area contributed by atoms with Crippen molar-refractivity contribution in [3.63, 3.8) is 0 Å². The highest BCUT2D eigenvalue weighted by atomic mass is 19.2. The summed E-state index contributed by atoms with van der Waals surface area (Å²) in [6.07, 6.45) is 4.23. The lowest BCUT2D eigenvalue weighted by molar-refractivity contribution is 0.247.